The van der Waals surface area contributed by atoms with Crippen LogP contribution >= 0.6 is 0 Å². The quantitative estimate of drug-likeness (QED) is 0.747. The number of aromatic nitrogens is 3. The van der Waals surface area contributed by atoms with Crippen molar-refractivity contribution in [2.75, 3.05) is 13.2 Å². The maximum atomic E-state index is 5.39. The predicted molar refractivity (Wildman–Crippen MR) is 48.6 cm³/mol. The lowest BCUT2D eigenvalue weighted by Gasteiger charge is -2.18. The molecule has 4 nitrogen and oxygen atoms in total. The van der Waals surface area contributed by atoms with Gasteiger partial charge in [-0.2, -0.15) is 5.10 Å². The highest BCUT2D eigenvalue weighted by Gasteiger charge is 2.19. The lowest BCUT2D eigenvalue weighted by molar-refractivity contribution is 0.0781. The zero-order valence-electron chi connectivity index (χ0n) is 7.92. The van der Waals surface area contributed by atoms with E-state index < -0.39 is 0 Å². The van der Waals surface area contributed by atoms with Gasteiger partial charge in [0, 0.05) is 18.9 Å². The summed E-state index contributed by atoms with van der Waals surface area (Å²) < 4.78 is 5.39. The van der Waals surface area contributed by atoms with Crippen LogP contribution in [0.2, 0.25) is 0 Å². The molecule has 4 heteroatoms. The van der Waals surface area contributed by atoms with Crippen LogP contribution in [0.25, 0.3) is 0 Å². The number of aromatic amines is 1. The third-order valence-corrected chi connectivity index (χ3v) is 2.41. The van der Waals surface area contributed by atoms with Gasteiger partial charge in [0.2, 0.25) is 0 Å². The second-order valence-electron chi connectivity index (χ2n) is 3.41. The van der Waals surface area contributed by atoms with Crippen molar-refractivity contribution in [1.82, 2.24) is 15.2 Å². The van der Waals surface area contributed by atoms with E-state index in [1.807, 2.05) is 0 Å². The Kier molecular flexibility index (Phi) is 2.59. The molecule has 2 heterocycles. The number of hydrogen-bond acceptors (Lipinski definition) is 3. The molecule has 1 N–H and O–H groups in total. The van der Waals surface area contributed by atoms with Crippen LogP contribution in [0, 0.1) is 0 Å². The average molecular weight is 181 g/mol. The minimum absolute atomic E-state index is 0.408. The highest BCUT2D eigenvalue weighted by molar-refractivity contribution is 4.98. The number of aryl methyl sites for hydroxylation is 1. The zero-order chi connectivity index (χ0) is 9.10. The van der Waals surface area contributed by atoms with Crippen LogP contribution in [0.4, 0.5) is 0 Å². The summed E-state index contributed by atoms with van der Waals surface area (Å²) in [6.45, 7) is 3.74. The highest BCUT2D eigenvalue weighted by atomic mass is 16.5. The maximum absolute atomic E-state index is 5.39. The minimum Gasteiger partial charge on any atom is -0.381 e. The van der Waals surface area contributed by atoms with Crippen LogP contribution in [0.3, 0.4) is 0 Å². The lowest BCUT2D eigenvalue weighted by Crippen LogP contribution is -2.16. The van der Waals surface area contributed by atoms with Crippen molar-refractivity contribution in [2.24, 2.45) is 0 Å². The fourth-order valence-electron chi connectivity index (χ4n) is 1.60. The van der Waals surface area contributed by atoms with Gasteiger partial charge in [-0.15, -0.1) is 0 Å². The van der Waals surface area contributed by atoms with Gasteiger partial charge in [0.25, 0.3) is 0 Å². The summed E-state index contributed by atoms with van der Waals surface area (Å²) in [7, 11) is 0. The van der Waals surface area contributed by atoms with Crippen LogP contribution < -0.4 is 0 Å². The van der Waals surface area contributed by atoms with Crippen molar-refractivity contribution < 1.29 is 4.74 Å². The number of nitrogens with zero attached hydrogens (tertiary/aromatic N) is 2. The standard InChI is InChI=1S/C9H15N3O/c1-2-8-10-9(12-11-8)7-4-3-5-13-6-7/h7H,2-6H2,1H3,(H,10,11,12). The van der Waals surface area contributed by atoms with Crippen molar-refractivity contribution in [2.45, 2.75) is 32.1 Å². The van der Waals surface area contributed by atoms with E-state index in [1.54, 1.807) is 0 Å². The fraction of sp³-hybridized carbons (Fsp3) is 0.778. The predicted octanol–water partition coefficient (Wildman–Crippen LogP) is 1.26. The van der Waals surface area contributed by atoms with E-state index in [1.165, 1.54) is 0 Å². The second kappa shape index (κ2) is 3.87. The van der Waals surface area contributed by atoms with Gasteiger partial charge in [0.1, 0.15) is 5.82 Å². The van der Waals surface area contributed by atoms with Crippen LogP contribution in [0.5, 0.6) is 0 Å². The Hall–Kier alpha value is -0.900. The Morgan fingerprint density at radius 3 is 3.15 bits per heavy atom. The van der Waals surface area contributed by atoms with Crippen molar-refractivity contribution in [3.63, 3.8) is 0 Å². The summed E-state index contributed by atoms with van der Waals surface area (Å²) >= 11 is 0. The molecule has 0 radical (unpaired) electrons. The van der Waals surface area contributed by atoms with E-state index in [0.717, 1.165) is 44.1 Å². The molecule has 2 rings (SSSR count). The topological polar surface area (TPSA) is 50.8 Å². The van der Waals surface area contributed by atoms with Crippen molar-refractivity contribution in [3.8, 4) is 0 Å². The van der Waals surface area contributed by atoms with E-state index >= 15 is 0 Å². The molecule has 1 aliphatic heterocycles. The second-order valence-corrected chi connectivity index (χ2v) is 3.41. The first-order valence-electron chi connectivity index (χ1n) is 4.89. The largest absolute Gasteiger partial charge is 0.381 e. The number of hydrogen-bond donors (Lipinski definition) is 1. The molecule has 0 aliphatic carbocycles. The SMILES string of the molecule is CCc1nc(C2CCCOC2)n[nH]1. The Morgan fingerprint density at radius 2 is 2.54 bits per heavy atom. The smallest absolute Gasteiger partial charge is 0.156 e. The highest BCUT2D eigenvalue weighted by Crippen LogP contribution is 2.22. The van der Waals surface area contributed by atoms with Gasteiger partial charge >= 0.3 is 0 Å². The van der Waals surface area contributed by atoms with E-state index in [0.29, 0.717) is 5.92 Å². The van der Waals surface area contributed by atoms with Crippen LogP contribution in [-0.4, -0.2) is 28.4 Å². The van der Waals surface area contributed by atoms with Crippen LogP contribution in [0.15, 0.2) is 0 Å². The molecule has 0 amide bonds. The monoisotopic (exact) mass is 181 g/mol. The Bertz CT molecular complexity index is 266. The van der Waals surface area contributed by atoms with E-state index in [2.05, 4.69) is 22.1 Å². The summed E-state index contributed by atoms with van der Waals surface area (Å²) in [5, 5.41) is 7.13. The molecule has 0 bridgehead atoms. The molecule has 0 saturated carbocycles. The van der Waals surface area contributed by atoms with Gasteiger partial charge in [-0.25, -0.2) is 4.98 Å². The molecule has 0 spiro atoms. The van der Waals surface area contributed by atoms with Gasteiger partial charge in [-0.05, 0) is 12.8 Å². The number of nitrogens with one attached hydrogen (secondary N) is 1. The maximum Gasteiger partial charge on any atom is 0.156 e. The van der Waals surface area contributed by atoms with Gasteiger partial charge in [0.15, 0.2) is 5.82 Å². The van der Waals surface area contributed by atoms with Gasteiger partial charge < -0.3 is 4.74 Å². The molecule has 1 saturated heterocycles. The van der Waals surface area contributed by atoms with Gasteiger partial charge in [-0.3, -0.25) is 5.10 Å². The number of ether oxygens (including phenoxy) is 1. The van der Waals surface area contributed by atoms with Crippen LogP contribution in [0.1, 0.15) is 37.3 Å². The van der Waals surface area contributed by atoms with Crippen molar-refractivity contribution >= 4 is 0 Å². The lowest BCUT2D eigenvalue weighted by atomic mass is 10.0. The summed E-state index contributed by atoms with van der Waals surface area (Å²) in [6.07, 6.45) is 3.20. The summed E-state index contributed by atoms with van der Waals surface area (Å²) in [5.41, 5.74) is 0. The Labute approximate surface area is 77.7 Å². The molecule has 0 aromatic carbocycles. The molecular weight excluding hydrogens is 166 g/mol. The molecule has 13 heavy (non-hydrogen) atoms. The molecule has 1 unspecified atom stereocenters. The average Bonchev–Trinajstić information content (AvgIpc) is 2.67. The van der Waals surface area contributed by atoms with Gasteiger partial charge in [-0.1, -0.05) is 6.92 Å². The molecular formula is C9H15N3O. The summed E-state index contributed by atoms with van der Waals surface area (Å²) in [4.78, 5) is 4.41. The molecule has 1 aromatic rings. The molecule has 1 atom stereocenters. The molecule has 1 aromatic heterocycles. The van der Waals surface area contributed by atoms with Crippen molar-refractivity contribution in [1.29, 1.82) is 0 Å². The van der Waals surface area contributed by atoms with E-state index in [4.69, 9.17) is 4.74 Å². The first-order valence-corrected chi connectivity index (χ1v) is 4.89. The number of rotatable bonds is 2. The first kappa shape index (κ1) is 8.69. The Balaban J connectivity index is 2.05. The Morgan fingerprint density at radius 1 is 1.62 bits per heavy atom. The van der Waals surface area contributed by atoms with E-state index in [9.17, 15) is 0 Å². The first-order chi connectivity index (χ1) is 6.40. The normalized spacial score (nSPS) is 23.3. The van der Waals surface area contributed by atoms with Gasteiger partial charge in [0.05, 0.1) is 6.61 Å². The number of H-pyrrole nitrogens is 1. The third-order valence-electron chi connectivity index (χ3n) is 2.41. The molecule has 72 valence electrons. The molecule has 1 aliphatic rings. The summed E-state index contributed by atoms with van der Waals surface area (Å²) in [5.74, 6) is 2.31. The van der Waals surface area contributed by atoms with Crippen molar-refractivity contribution in [3.05, 3.63) is 11.6 Å². The van der Waals surface area contributed by atoms with E-state index in [-0.39, 0.29) is 0 Å². The zero-order valence-corrected chi connectivity index (χ0v) is 7.92. The van der Waals surface area contributed by atoms with Crippen LogP contribution in [-0.2, 0) is 11.2 Å². The molecule has 1 fully saturated rings. The minimum atomic E-state index is 0.408. The third kappa shape index (κ3) is 1.88. The fourth-order valence-corrected chi connectivity index (χ4v) is 1.60. The summed E-state index contributed by atoms with van der Waals surface area (Å²) in [6, 6.07) is 0.